The van der Waals surface area contributed by atoms with Gasteiger partial charge in [-0.05, 0) is 25.1 Å². The van der Waals surface area contributed by atoms with Gasteiger partial charge in [-0.1, -0.05) is 23.2 Å². The number of phenolic OH excluding ortho intramolecular Hbond substituents is 1. The van der Waals surface area contributed by atoms with Gasteiger partial charge in [-0.3, -0.25) is 9.48 Å². The molecule has 1 amide bonds. The van der Waals surface area contributed by atoms with E-state index in [1.165, 1.54) is 18.3 Å². The highest BCUT2D eigenvalue weighted by Crippen LogP contribution is 2.26. The second-order valence-corrected chi connectivity index (χ2v) is 5.10. The van der Waals surface area contributed by atoms with E-state index in [1.807, 2.05) is 6.92 Å². The summed E-state index contributed by atoms with van der Waals surface area (Å²) in [5.41, 5.74) is 1.10. The largest absolute Gasteiger partial charge is 0.506 e. The minimum absolute atomic E-state index is 0.0268. The van der Waals surface area contributed by atoms with Gasteiger partial charge >= 0.3 is 0 Å². The summed E-state index contributed by atoms with van der Waals surface area (Å²) in [7, 11) is 0. The molecule has 2 N–H and O–H groups in total. The highest BCUT2D eigenvalue weighted by Gasteiger charge is 2.09. The number of hydrogen-bond donors (Lipinski definition) is 2. The van der Waals surface area contributed by atoms with Crippen molar-refractivity contribution in [2.75, 3.05) is 5.32 Å². The van der Waals surface area contributed by atoms with Crippen LogP contribution in [0, 0.1) is 6.92 Å². The average molecular weight is 314 g/mol. The number of halogens is 2. The van der Waals surface area contributed by atoms with Crippen LogP contribution in [0.25, 0.3) is 0 Å². The topological polar surface area (TPSA) is 67.2 Å². The molecule has 0 radical (unpaired) electrons. The maximum absolute atomic E-state index is 11.8. The third kappa shape index (κ3) is 3.43. The van der Waals surface area contributed by atoms with Crippen LogP contribution in [0.1, 0.15) is 12.1 Å². The highest BCUT2D eigenvalue weighted by molar-refractivity contribution is 6.31. The van der Waals surface area contributed by atoms with Gasteiger partial charge in [-0.15, -0.1) is 0 Å². The fraction of sp³-hybridized carbons (Fsp3) is 0.231. The number of aryl methyl sites for hydroxylation is 1. The van der Waals surface area contributed by atoms with Crippen LogP contribution in [-0.4, -0.2) is 20.8 Å². The Bertz CT molecular complexity index is 641. The number of phenols is 1. The van der Waals surface area contributed by atoms with Crippen LogP contribution in [0.2, 0.25) is 10.0 Å². The molecule has 0 atom stereocenters. The Balaban J connectivity index is 1.96. The molecule has 106 valence electrons. The number of benzene rings is 1. The Labute approximate surface area is 126 Å². The quantitative estimate of drug-likeness (QED) is 0.851. The zero-order valence-electron chi connectivity index (χ0n) is 10.7. The summed E-state index contributed by atoms with van der Waals surface area (Å²) >= 11 is 11.7. The summed E-state index contributed by atoms with van der Waals surface area (Å²) in [6.45, 7) is 2.24. The summed E-state index contributed by atoms with van der Waals surface area (Å²) in [4.78, 5) is 11.8. The third-order valence-electron chi connectivity index (χ3n) is 2.83. The molecule has 1 aromatic heterocycles. The van der Waals surface area contributed by atoms with Crippen LogP contribution in [0.3, 0.4) is 0 Å². The van der Waals surface area contributed by atoms with E-state index in [2.05, 4.69) is 10.4 Å². The Hall–Kier alpha value is -1.72. The van der Waals surface area contributed by atoms with E-state index in [4.69, 9.17) is 23.2 Å². The summed E-state index contributed by atoms with van der Waals surface area (Å²) < 4.78 is 1.65. The first kappa shape index (κ1) is 14.7. The van der Waals surface area contributed by atoms with Gasteiger partial charge in [-0.25, -0.2) is 0 Å². The summed E-state index contributed by atoms with van der Waals surface area (Å²) in [5.74, 6) is -0.269. The molecule has 0 saturated carbocycles. The molecule has 20 heavy (non-hydrogen) atoms. The molecule has 0 saturated heterocycles. The van der Waals surface area contributed by atoms with Gasteiger partial charge in [0.15, 0.2) is 0 Å². The molecule has 2 aromatic rings. The molecule has 0 aliphatic rings. The average Bonchev–Trinajstić information content (AvgIpc) is 2.72. The second-order valence-electron chi connectivity index (χ2n) is 4.26. The van der Waals surface area contributed by atoms with Crippen molar-refractivity contribution in [2.45, 2.75) is 19.9 Å². The normalized spacial score (nSPS) is 10.6. The van der Waals surface area contributed by atoms with E-state index in [0.29, 0.717) is 16.6 Å². The van der Waals surface area contributed by atoms with Crippen molar-refractivity contribution in [2.24, 2.45) is 0 Å². The minimum Gasteiger partial charge on any atom is -0.506 e. The van der Waals surface area contributed by atoms with Gasteiger partial charge in [-0.2, -0.15) is 5.10 Å². The fourth-order valence-electron chi connectivity index (χ4n) is 1.68. The number of aromatic nitrogens is 2. The van der Waals surface area contributed by atoms with Crippen LogP contribution in [0.15, 0.2) is 24.4 Å². The van der Waals surface area contributed by atoms with Crippen molar-refractivity contribution in [1.29, 1.82) is 0 Å². The van der Waals surface area contributed by atoms with Crippen LogP contribution in [0.5, 0.6) is 5.75 Å². The lowest BCUT2D eigenvalue weighted by Crippen LogP contribution is -2.15. The van der Waals surface area contributed by atoms with Gasteiger partial charge in [0.25, 0.3) is 0 Å². The predicted octanol–water partition coefficient (Wildman–Crippen LogP) is 3.23. The number of hydrogen-bond acceptors (Lipinski definition) is 3. The molecule has 1 aromatic carbocycles. The lowest BCUT2D eigenvalue weighted by Gasteiger charge is -2.08. The van der Waals surface area contributed by atoms with E-state index in [0.717, 1.165) is 5.69 Å². The predicted molar refractivity (Wildman–Crippen MR) is 78.3 cm³/mol. The fourth-order valence-corrected chi connectivity index (χ4v) is 1.99. The van der Waals surface area contributed by atoms with Crippen molar-refractivity contribution in [3.05, 3.63) is 40.1 Å². The van der Waals surface area contributed by atoms with E-state index < -0.39 is 0 Å². The number of amides is 1. The molecule has 0 fully saturated rings. The minimum atomic E-state index is -0.242. The smallest absolute Gasteiger partial charge is 0.226 e. The van der Waals surface area contributed by atoms with Gasteiger partial charge in [0, 0.05) is 11.4 Å². The van der Waals surface area contributed by atoms with Crippen LogP contribution in [0.4, 0.5) is 5.69 Å². The van der Waals surface area contributed by atoms with Crippen molar-refractivity contribution in [3.8, 4) is 5.75 Å². The number of carbonyl (C=O) groups excluding carboxylic acids is 1. The number of anilines is 1. The Morgan fingerprint density at radius 1 is 1.45 bits per heavy atom. The number of rotatable bonds is 4. The molecule has 0 unspecified atom stereocenters. The van der Waals surface area contributed by atoms with Crippen molar-refractivity contribution in [3.63, 3.8) is 0 Å². The molecule has 0 aliphatic carbocycles. The highest BCUT2D eigenvalue weighted by atomic mass is 35.5. The molecule has 0 spiro atoms. The van der Waals surface area contributed by atoms with Crippen LogP contribution in [-0.2, 0) is 11.3 Å². The lowest BCUT2D eigenvalue weighted by atomic mass is 10.2. The first-order valence-corrected chi connectivity index (χ1v) is 6.69. The van der Waals surface area contributed by atoms with Gasteiger partial charge in [0.2, 0.25) is 5.91 Å². The summed E-state index contributed by atoms with van der Waals surface area (Å²) in [5, 5.41) is 17.3. The Morgan fingerprint density at radius 2 is 2.20 bits per heavy atom. The third-order valence-corrected chi connectivity index (χ3v) is 3.43. The van der Waals surface area contributed by atoms with E-state index in [9.17, 15) is 9.90 Å². The van der Waals surface area contributed by atoms with Crippen molar-refractivity contribution in [1.82, 2.24) is 9.78 Å². The van der Waals surface area contributed by atoms with Gasteiger partial charge in [0.05, 0.1) is 29.1 Å². The van der Waals surface area contributed by atoms with E-state index in [1.54, 1.807) is 10.7 Å². The SMILES string of the molecule is Cc1c(Cl)cnn1CCC(=O)Nc1cc(Cl)ccc1O. The van der Waals surface area contributed by atoms with Crippen molar-refractivity contribution < 1.29 is 9.90 Å². The molecular weight excluding hydrogens is 301 g/mol. The molecule has 0 aliphatic heterocycles. The van der Waals surface area contributed by atoms with Gasteiger partial charge in [0.1, 0.15) is 5.75 Å². The molecule has 7 heteroatoms. The number of carbonyl (C=O) groups is 1. The van der Waals surface area contributed by atoms with Crippen LogP contribution < -0.4 is 5.32 Å². The van der Waals surface area contributed by atoms with Crippen molar-refractivity contribution >= 4 is 34.8 Å². The van der Waals surface area contributed by atoms with Gasteiger partial charge < -0.3 is 10.4 Å². The Morgan fingerprint density at radius 3 is 2.85 bits per heavy atom. The first-order valence-electron chi connectivity index (χ1n) is 5.93. The first-order chi connectivity index (χ1) is 9.47. The number of aromatic hydroxyl groups is 1. The maximum Gasteiger partial charge on any atom is 0.226 e. The Kier molecular flexibility index (Phi) is 4.52. The maximum atomic E-state index is 11.8. The van der Waals surface area contributed by atoms with E-state index in [-0.39, 0.29) is 23.8 Å². The molecule has 0 bridgehead atoms. The number of nitrogens with zero attached hydrogens (tertiary/aromatic N) is 2. The zero-order valence-corrected chi connectivity index (χ0v) is 12.2. The summed E-state index contributed by atoms with van der Waals surface area (Å²) in [6, 6.07) is 4.46. The zero-order chi connectivity index (χ0) is 14.7. The number of nitrogens with one attached hydrogen (secondary N) is 1. The second kappa shape index (κ2) is 6.15. The van der Waals surface area contributed by atoms with Crippen LogP contribution >= 0.6 is 23.2 Å². The molecule has 5 nitrogen and oxygen atoms in total. The standard InChI is InChI=1S/C13H13Cl2N3O2/c1-8-10(15)7-16-18(8)5-4-13(20)17-11-6-9(14)2-3-12(11)19/h2-3,6-7,19H,4-5H2,1H3,(H,17,20). The van der Waals surface area contributed by atoms with E-state index >= 15 is 0 Å². The molecule has 2 rings (SSSR count). The molecular formula is C13H13Cl2N3O2. The molecule has 1 heterocycles. The lowest BCUT2D eigenvalue weighted by molar-refractivity contribution is -0.116. The monoisotopic (exact) mass is 313 g/mol. The summed E-state index contributed by atoms with van der Waals surface area (Å²) in [6.07, 6.45) is 1.75.